The molecule has 0 heterocycles. The SMILES string of the molecule is CC(C)OCCCNC(=O)c1cc(N)ccc1Br. The van der Waals surface area contributed by atoms with Crippen LogP contribution < -0.4 is 11.1 Å². The lowest BCUT2D eigenvalue weighted by molar-refractivity contribution is 0.0757. The molecule has 5 heteroatoms. The second-order valence-electron chi connectivity index (χ2n) is 4.27. The number of anilines is 1. The van der Waals surface area contributed by atoms with Gasteiger partial charge in [0, 0.05) is 23.3 Å². The molecule has 0 atom stereocenters. The lowest BCUT2D eigenvalue weighted by Crippen LogP contribution is -2.26. The van der Waals surface area contributed by atoms with Gasteiger partial charge in [-0.25, -0.2) is 0 Å². The summed E-state index contributed by atoms with van der Waals surface area (Å²) in [6.45, 7) is 5.22. The van der Waals surface area contributed by atoms with Gasteiger partial charge in [0.05, 0.1) is 11.7 Å². The summed E-state index contributed by atoms with van der Waals surface area (Å²) in [5.74, 6) is -0.126. The molecule has 0 radical (unpaired) electrons. The zero-order chi connectivity index (χ0) is 13.5. The predicted molar refractivity (Wildman–Crippen MR) is 76.6 cm³/mol. The van der Waals surface area contributed by atoms with Gasteiger partial charge in [-0.2, -0.15) is 0 Å². The molecule has 18 heavy (non-hydrogen) atoms. The number of carbonyl (C=O) groups excluding carboxylic acids is 1. The lowest BCUT2D eigenvalue weighted by Gasteiger charge is -2.09. The van der Waals surface area contributed by atoms with Crippen molar-refractivity contribution in [3.63, 3.8) is 0 Å². The van der Waals surface area contributed by atoms with Gasteiger partial charge in [0.25, 0.3) is 5.91 Å². The zero-order valence-electron chi connectivity index (χ0n) is 10.7. The number of hydrogen-bond donors (Lipinski definition) is 2. The van der Waals surface area contributed by atoms with Crippen molar-refractivity contribution in [2.75, 3.05) is 18.9 Å². The van der Waals surface area contributed by atoms with Crippen molar-refractivity contribution in [2.24, 2.45) is 0 Å². The molecule has 0 aromatic heterocycles. The number of benzene rings is 1. The van der Waals surface area contributed by atoms with E-state index in [2.05, 4.69) is 21.2 Å². The van der Waals surface area contributed by atoms with Crippen LogP contribution in [0.15, 0.2) is 22.7 Å². The molecule has 1 amide bonds. The maximum absolute atomic E-state index is 11.9. The van der Waals surface area contributed by atoms with Crippen molar-refractivity contribution >= 4 is 27.5 Å². The predicted octanol–water partition coefficient (Wildman–Crippen LogP) is 2.58. The van der Waals surface area contributed by atoms with E-state index in [1.165, 1.54) is 0 Å². The van der Waals surface area contributed by atoms with E-state index < -0.39 is 0 Å². The standard InChI is InChI=1S/C13H19BrN2O2/c1-9(2)18-7-3-6-16-13(17)11-8-10(15)4-5-12(11)14/h4-5,8-9H,3,6-7,15H2,1-2H3,(H,16,17). The first-order chi connectivity index (χ1) is 8.50. The van der Waals surface area contributed by atoms with E-state index in [-0.39, 0.29) is 12.0 Å². The maximum atomic E-state index is 11.9. The van der Waals surface area contributed by atoms with E-state index in [0.717, 1.165) is 10.9 Å². The molecule has 0 aliphatic heterocycles. The highest BCUT2D eigenvalue weighted by Crippen LogP contribution is 2.19. The summed E-state index contributed by atoms with van der Waals surface area (Å²) >= 11 is 3.33. The Morgan fingerprint density at radius 3 is 2.89 bits per heavy atom. The fourth-order valence-corrected chi connectivity index (χ4v) is 1.83. The van der Waals surface area contributed by atoms with Crippen LogP contribution in [0.4, 0.5) is 5.69 Å². The van der Waals surface area contributed by atoms with Gasteiger partial charge in [-0.15, -0.1) is 0 Å². The molecule has 4 nitrogen and oxygen atoms in total. The van der Waals surface area contributed by atoms with Gasteiger partial charge in [-0.3, -0.25) is 4.79 Å². The molecule has 0 fully saturated rings. The highest BCUT2D eigenvalue weighted by Gasteiger charge is 2.09. The van der Waals surface area contributed by atoms with Crippen molar-refractivity contribution in [2.45, 2.75) is 26.4 Å². The van der Waals surface area contributed by atoms with Gasteiger partial charge < -0.3 is 15.8 Å². The van der Waals surface area contributed by atoms with E-state index in [1.807, 2.05) is 13.8 Å². The van der Waals surface area contributed by atoms with E-state index in [0.29, 0.717) is 24.4 Å². The van der Waals surface area contributed by atoms with Crippen LogP contribution in [-0.2, 0) is 4.74 Å². The smallest absolute Gasteiger partial charge is 0.252 e. The van der Waals surface area contributed by atoms with E-state index in [9.17, 15) is 4.79 Å². The van der Waals surface area contributed by atoms with Crippen molar-refractivity contribution in [1.82, 2.24) is 5.32 Å². The minimum Gasteiger partial charge on any atom is -0.399 e. The largest absolute Gasteiger partial charge is 0.399 e. The van der Waals surface area contributed by atoms with Crippen LogP contribution >= 0.6 is 15.9 Å². The third kappa shape index (κ3) is 5.06. The fraction of sp³-hybridized carbons (Fsp3) is 0.462. The Bertz CT molecular complexity index is 408. The van der Waals surface area contributed by atoms with Crippen LogP contribution in [0.3, 0.4) is 0 Å². The van der Waals surface area contributed by atoms with Gasteiger partial charge >= 0.3 is 0 Å². The molecule has 3 N–H and O–H groups in total. The van der Waals surface area contributed by atoms with Crippen molar-refractivity contribution in [3.8, 4) is 0 Å². The molecule has 1 aromatic rings. The Hall–Kier alpha value is -1.07. The molecule has 100 valence electrons. The Morgan fingerprint density at radius 1 is 1.50 bits per heavy atom. The van der Waals surface area contributed by atoms with Gasteiger partial charge in [0.15, 0.2) is 0 Å². The monoisotopic (exact) mass is 314 g/mol. The summed E-state index contributed by atoms with van der Waals surface area (Å²) in [5.41, 5.74) is 6.78. The number of amides is 1. The van der Waals surface area contributed by atoms with Gasteiger partial charge in [0.1, 0.15) is 0 Å². The second-order valence-corrected chi connectivity index (χ2v) is 5.12. The third-order valence-electron chi connectivity index (χ3n) is 2.29. The summed E-state index contributed by atoms with van der Waals surface area (Å²) < 4.78 is 6.13. The van der Waals surface area contributed by atoms with Crippen LogP contribution in [0.5, 0.6) is 0 Å². The highest BCUT2D eigenvalue weighted by molar-refractivity contribution is 9.10. The number of ether oxygens (including phenoxy) is 1. The van der Waals surface area contributed by atoms with Crippen LogP contribution in [0.1, 0.15) is 30.6 Å². The first kappa shape index (κ1) is 15.0. The molecule has 1 rings (SSSR count). The second kappa shape index (κ2) is 7.38. The average Bonchev–Trinajstić information content (AvgIpc) is 2.31. The number of nitrogen functional groups attached to an aromatic ring is 1. The molecule has 0 spiro atoms. The number of hydrogen-bond acceptors (Lipinski definition) is 3. The summed E-state index contributed by atoms with van der Waals surface area (Å²) in [5, 5.41) is 2.84. The number of halogens is 1. The first-order valence-corrected chi connectivity index (χ1v) is 6.75. The molecule has 0 bridgehead atoms. The first-order valence-electron chi connectivity index (χ1n) is 5.95. The molecular weight excluding hydrogens is 296 g/mol. The maximum Gasteiger partial charge on any atom is 0.252 e. The highest BCUT2D eigenvalue weighted by atomic mass is 79.9. The minimum atomic E-state index is -0.126. The summed E-state index contributed by atoms with van der Waals surface area (Å²) in [4.78, 5) is 11.9. The fourth-order valence-electron chi connectivity index (χ4n) is 1.41. The molecule has 0 unspecified atom stereocenters. The third-order valence-corrected chi connectivity index (χ3v) is 2.98. The Kier molecular flexibility index (Phi) is 6.15. The Balaban J connectivity index is 2.39. The quantitative estimate of drug-likeness (QED) is 0.626. The number of carbonyl (C=O) groups is 1. The summed E-state index contributed by atoms with van der Waals surface area (Å²) in [6.07, 6.45) is 1.02. The van der Waals surface area contributed by atoms with Crippen molar-refractivity contribution in [1.29, 1.82) is 0 Å². The zero-order valence-corrected chi connectivity index (χ0v) is 12.3. The van der Waals surface area contributed by atoms with Crippen molar-refractivity contribution < 1.29 is 9.53 Å². The summed E-state index contributed by atoms with van der Waals surface area (Å²) in [7, 11) is 0. The molecular formula is C13H19BrN2O2. The van der Waals surface area contributed by atoms with E-state index >= 15 is 0 Å². The molecule has 0 saturated carbocycles. The minimum absolute atomic E-state index is 0.126. The van der Waals surface area contributed by atoms with Crippen LogP contribution in [-0.4, -0.2) is 25.2 Å². The average molecular weight is 315 g/mol. The van der Waals surface area contributed by atoms with E-state index in [1.54, 1.807) is 18.2 Å². The van der Waals surface area contributed by atoms with Crippen LogP contribution in [0.25, 0.3) is 0 Å². The van der Waals surface area contributed by atoms with Gasteiger partial charge in [-0.1, -0.05) is 0 Å². The Labute approximate surface area is 116 Å². The van der Waals surface area contributed by atoms with Crippen molar-refractivity contribution in [3.05, 3.63) is 28.2 Å². The number of rotatable bonds is 6. The summed E-state index contributed by atoms with van der Waals surface area (Å²) in [6, 6.07) is 5.17. The number of nitrogens with one attached hydrogen (secondary N) is 1. The molecule has 0 saturated heterocycles. The van der Waals surface area contributed by atoms with Crippen LogP contribution in [0.2, 0.25) is 0 Å². The number of nitrogens with two attached hydrogens (primary N) is 1. The molecule has 0 aliphatic carbocycles. The normalized spacial score (nSPS) is 10.7. The molecule has 0 aliphatic rings. The van der Waals surface area contributed by atoms with Crippen LogP contribution in [0, 0.1) is 0 Å². The van der Waals surface area contributed by atoms with Gasteiger partial charge in [0.2, 0.25) is 0 Å². The Morgan fingerprint density at radius 2 is 2.22 bits per heavy atom. The molecule has 1 aromatic carbocycles. The van der Waals surface area contributed by atoms with E-state index in [4.69, 9.17) is 10.5 Å². The topological polar surface area (TPSA) is 64.3 Å². The van der Waals surface area contributed by atoms with Gasteiger partial charge in [-0.05, 0) is 54.4 Å². The lowest BCUT2D eigenvalue weighted by atomic mass is 10.2.